The van der Waals surface area contributed by atoms with Gasteiger partial charge >= 0.3 is 0 Å². The first kappa shape index (κ1) is 10.1. The van der Waals surface area contributed by atoms with Gasteiger partial charge in [-0.2, -0.15) is 0 Å². The fraction of sp³-hybridized carbons (Fsp3) is 0.0769. The van der Waals surface area contributed by atoms with Crippen LogP contribution in [0.25, 0.3) is 5.57 Å². The zero-order valence-corrected chi connectivity index (χ0v) is 9.38. The molecule has 0 aliphatic carbocycles. The molecule has 15 heavy (non-hydrogen) atoms. The van der Waals surface area contributed by atoms with E-state index in [9.17, 15) is 4.21 Å². The monoisotopic (exact) mass is 216 g/mol. The van der Waals surface area contributed by atoms with Gasteiger partial charge in [-0.1, -0.05) is 36.9 Å². The highest BCUT2D eigenvalue weighted by atomic mass is 32.2. The molecule has 0 spiro atoms. The zero-order valence-electron chi connectivity index (χ0n) is 8.57. The lowest BCUT2D eigenvalue weighted by molar-refractivity contribution is 0.688. The maximum absolute atomic E-state index is 12.1. The molecule has 0 fully saturated rings. The van der Waals surface area contributed by atoms with Crippen molar-refractivity contribution < 1.29 is 4.21 Å². The molecule has 0 radical (unpaired) electrons. The van der Waals surface area contributed by atoms with E-state index in [0.717, 1.165) is 20.9 Å². The molecule has 0 amide bonds. The summed E-state index contributed by atoms with van der Waals surface area (Å²) < 4.78 is 12.1. The highest BCUT2D eigenvalue weighted by Crippen LogP contribution is 2.38. The Balaban J connectivity index is 2.55. The summed E-state index contributed by atoms with van der Waals surface area (Å²) in [5.74, 6) is 0. The van der Waals surface area contributed by atoms with E-state index in [-0.39, 0.29) is 0 Å². The molecular formula is C13H12OS. The standard InChI is InChI=1S/C13H12OS/c1-3-4-8-12-10(2)11-7-5-6-9-13(11)15(12)14/h3-9H,2H2,1H3/b4-3-,12-8+. The van der Waals surface area contributed by atoms with E-state index < -0.39 is 10.8 Å². The van der Waals surface area contributed by atoms with Crippen LogP contribution in [0.15, 0.2) is 58.9 Å². The lowest BCUT2D eigenvalue weighted by Gasteiger charge is -1.94. The second-order valence-electron chi connectivity index (χ2n) is 3.30. The lowest BCUT2D eigenvalue weighted by atomic mass is 10.1. The molecule has 0 saturated heterocycles. The van der Waals surface area contributed by atoms with Gasteiger partial charge < -0.3 is 0 Å². The van der Waals surface area contributed by atoms with E-state index in [1.807, 2.05) is 49.4 Å². The Hall–Kier alpha value is -1.41. The predicted octanol–water partition coefficient (Wildman–Crippen LogP) is 3.28. The summed E-state index contributed by atoms with van der Waals surface area (Å²) in [7, 11) is -1.06. The van der Waals surface area contributed by atoms with Gasteiger partial charge in [0.2, 0.25) is 0 Å². The number of hydrogen-bond acceptors (Lipinski definition) is 1. The Bertz CT molecular complexity index is 458. The average Bonchev–Trinajstić information content (AvgIpc) is 2.51. The first-order valence-electron chi connectivity index (χ1n) is 4.79. The zero-order chi connectivity index (χ0) is 10.8. The van der Waals surface area contributed by atoms with Gasteiger partial charge in [-0.3, -0.25) is 0 Å². The van der Waals surface area contributed by atoms with Crippen molar-refractivity contribution in [1.82, 2.24) is 0 Å². The molecule has 76 valence electrons. The molecule has 1 atom stereocenters. The summed E-state index contributed by atoms with van der Waals surface area (Å²) >= 11 is 0. The molecular weight excluding hydrogens is 204 g/mol. The maximum Gasteiger partial charge on any atom is 0.0862 e. The van der Waals surface area contributed by atoms with Gasteiger partial charge in [0, 0.05) is 0 Å². The Kier molecular flexibility index (Phi) is 2.69. The highest BCUT2D eigenvalue weighted by molar-refractivity contribution is 7.90. The first-order chi connectivity index (χ1) is 7.25. The topological polar surface area (TPSA) is 17.1 Å². The molecule has 2 heteroatoms. The fourth-order valence-corrected chi connectivity index (χ4v) is 2.95. The van der Waals surface area contributed by atoms with E-state index >= 15 is 0 Å². The molecule has 0 saturated carbocycles. The maximum atomic E-state index is 12.1. The fourth-order valence-electron chi connectivity index (χ4n) is 1.59. The largest absolute Gasteiger partial charge is 0.249 e. The SMILES string of the molecule is C=C1/C(=C\C=C/C)S(=O)c2ccccc21. The van der Waals surface area contributed by atoms with E-state index in [4.69, 9.17) is 0 Å². The highest BCUT2D eigenvalue weighted by Gasteiger charge is 2.25. The van der Waals surface area contributed by atoms with Gasteiger partial charge in [0.05, 0.1) is 20.6 Å². The number of benzene rings is 1. The van der Waals surface area contributed by atoms with Crippen LogP contribution in [0.2, 0.25) is 0 Å². The lowest BCUT2D eigenvalue weighted by Crippen LogP contribution is -1.85. The third-order valence-electron chi connectivity index (χ3n) is 2.35. The molecule has 1 aliphatic rings. The molecule has 0 N–H and O–H groups in total. The van der Waals surface area contributed by atoms with Crippen LogP contribution < -0.4 is 0 Å². The number of allylic oxidation sites excluding steroid dienone is 4. The van der Waals surface area contributed by atoms with Crippen molar-refractivity contribution in [2.75, 3.05) is 0 Å². The first-order valence-corrected chi connectivity index (χ1v) is 5.94. The molecule has 1 aromatic rings. The van der Waals surface area contributed by atoms with Gasteiger partial charge in [-0.15, -0.1) is 0 Å². The normalized spacial score (nSPS) is 22.6. The second-order valence-corrected chi connectivity index (χ2v) is 4.72. The quantitative estimate of drug-likeness (QED) is 0.704. The summed E-state index contributed by atoms with van der Waals surface area (Å²) in [6.45, 7) is 5.92. The summed E-state index contributed by atoms with van der Waals surface area (Å²) in [4.78, 5) is 1.69. The molecule has 0 aromatic heterocycles. The van der Waals surface area contributed by atoms with Crippen molar-refractivity contribution in [3.8, 4) is 0 Å². The van der Waals surface area contributed by atoms with Crippen LogP contribution in [0, 0.1) is 0 Å². The van der Waals surface area contributed by atoms with Crippen LogP contribution in [0.5, 0.6) is 0 Å². The van der Waals surface area contributed by atoms with Crippen LogP contribution >= 0.6 is 0 Å². The van der Waals surface area contributed by atoms with Crippen LogP contribution in [0.4, 0.5) is 0 Å². The minimum atomic E-state index is -1.06. The van der Waals surface area contributed by atoms with Crippen LogP contribution in [0.1, 0.15) is 12.5 Å². The van der Waals surface area contributed by atoms with Crippen LogP contribution in [-0.2, 0) is 10.8 Å². The third-order valence-corrected chi connectivity index (χ3v) is 3.89. The van der Waals surface area contributed by atoms with Crippen molar-refractivity contribution in [2.45, 2.75) is 11.8 Å². The molecule has 1 heterocycles. The Labute approximate surface area is 92.3 Å². The van der Waals surface area contributed by atoms with E-state index in [0.29, 0.717) is 0 Å². The minimum Gasteiger partial charge on any atom is -0.249 e. The van der Waals surface area contributed by atoms with Crippen LogP contribution in [0.3, 0.4) is 0 Å². The number of fused-ring (bicyclic) bond motifs is 1. The average molecular weight is 216 g/mol. The predicted molar refractivity (Wildman–Crippen MR) is 64.8 cm³/mol. The van der Waals surface area contributed by atoms with Gasteiger partial charge in [0.1, 0.15) is 0 Å². The van der Waals surface area contributed by atoms with Crippen molar-refractivity contribution in [3.63, 3.8) is 0 Å². The minimum absolute atomic E-state index is 0.814. The number of hydrogen-bond donors (Lipinski definition) is 0. The van der Waals surface area contributed by atoms with Gasteiger partial charge in [0.15, 0.2) is 0 Å². The van der Waals surface area contributed by atoms with Crippen molar-refractivity contribution in [1.29, 1.82) is 0 Å². The van der Waals surface area contributed by atoms with Crippen molar-refractivity contribution in [2.24, 2.45) is 0 Å². The summed E-state index contributed by atoms with van der Waals surface area (Å²) in [6, 6.07) is 7.71. The van der Waals surface area contributed by atoms with Crippen LogP contribution in [-0.4, -0.2) is 4.21 Å². The summed E-state index contributed by atoms with van der Waals surface area (Å²) in [5, 5.41) is 0. The smallest absolute Gasteiger partial charge is 0.0862 e. The van der Waals surface area contributed by atoms with E-state index in [1.165, 1.54) is 0 Å². The summed E-state index contributed by atoms with van der Waals surface area (Å²) in [5.41, 5.74) is 1.88. The second kappa shape index (κ2) is 3.99. The Morgan fingerprint density at radius 3 is 2.73 bits per heavy atom. The molecule has 1 unspecified atom stereocenters. The molecule has 1 aromatic carbocycles. The third kappa shape index (κ3) is 1.61. The van der Waals surface area contributed by atoms with Gasteiger partial charge in [0.25, 0.3) is 0 Å². The molecule has 1 nitrogen and oxygen atoms in total. The molecule has 1 aliphatic heterocycles. The molecule has 2 rings (SSSR count). The Morgan fingerprint density at radius 2 is 2.07 bits per heavy atom. The number of rotatable bonds is 1. The van der Waals surface area contributed by atoms with Gasteiger partial charge in [-0.25, -0.2) is 4.21 Å². The molecule has 0 bridgehead atoms. The Morgan fingerprint density at radius 1 is 1.33 bits per heavy atom. The van der Waals surface area contributed by atoms with E-state index in [1.54, 1.807) is 0 Å². The van der Waals surface area contributed by atoms with Crippen molar-refractivity contribution in [3.05, 3.63) is 59.5 Å². The van der Waals surface area contributed by atoms with E-state index in [2.05, 4.69) is 6.58 Å². The summed E-state index contributed by atoms with van der Waals surface area (Å²) in [6.07, 6.45) is 5.68. The van der Waals surface area contributed by atoms with Crippen molar-refractivity contribution >= 4 is 16.4 Å². The van der Waals surface area contributed by atoms with Gasteiger partial charge in [-0.05, 0) is 30.2 Å².